The highest BCUT2D eigenvalue weighted by Crippen LogP contribution is 2.43. The molecule has 578 valence electrons. The summed E-state index contributed by atoms with van der Waals surface area (Å²) < 4.78 is 38.4. The Morgan fingerprint density at radius 3 is 2.06 bits per heavy atom. The van der Waals surface area contributed by atoms with Gasteiger partial charge in [-0.3, -0.25) is 24.1 Å². The number of hydrogen-bond donors (Lipinski definition) is 14. The van der Waals surface area contributed by atoms with Crippen molar-refractivity contribution < 1.29 is 108 Å². The summed E-state index contributed by atoms with van der Waals surface area (Å²) in [6.45, 7) is 3.01. The number of aliphatic hydroxyl groups is 8. The highest BCUT2D eigenvalue weighted by molar-refractivity contribution is 7.14. The predicted octanol–water partition coefficient (Wildman–Crippen LogP) is 2.17. The van der Waals surface area contributed by atoms with Crippen molar-refractivity contribution in [1.29, 1.82) is 0 Å². The first kappa shape index (κ1) is 79.1. The molecule has 11 heterocycles. The minimum Gasteiger partial charge on any atom is -0.506 e. The number of aromatic hydroxyl groups is 1. The van der Waals surface area contributed by atoms with Gasteiger partial charge in [-0.25, -0.2) is 39.5 Å². The molecule has 108 heavy (non-hydrogen) atoms. The Hall–Kier alpha value is -8.50. The van der Waals surface area contributed by atoms with Crippen LogP contribution in [0.4, 0.5) is 0 Å². The van der Waals surface area contributed by atoms with Gasteiger partial charge in [0.25, 0.3) is 17.7 Å². The molecule has 0 saturated carbocycles. The zero-order chi connectivity index (χ0) is 77.3. The van der Waals surface area contributed by atoms with Crippen molar-refractivity contribution in [3.8, 4) is 38.4 Å². The number of esters is 2. The van der Waals surface area contributed by atoms with Crippen molar-refractivity contribution >= 4 is 109 Å². The van der Waals surface area contributed by atoms with Gasteiger partial charge in [-0.05, 0) is 72.3 Å². The number of methoxy groups -OCH3 is 1. The van der Waals surface area contributed by atoms with Gasteiger partial charge >= 0.3 is 11.9 Å². The Balaban J connectivity index is 1.01. The number of carbonyl (C=O) groups excluding carboxylic acids is 6. The quantitative estimate of drug-likeness (QED) is 0.0332. The van der Waals surface area contributed by atoms with Crippen LogP contribution < -0.4 is 21.3 Å². The third-order valence-electron chi connectivity index (χ3n) is 18.7. The Labute approximate surface area is 635 Å². The number of fused-ring (bicyclic) bond motifs is 15. The smallest absolute Gasteiger partial charge is 0.358 e. The van der Waals surface area contributed by atoms with Crippen LogP contribution in [0.1, 0.15) is 133 Å². The number of thiazole rings is 5. The van der Waals surface area contributed by atoms with Gasteiger partial charge in [0.15, 0.2) is 18.1 Å². The van der Waals surface area contributed by atoms with Crippen LogP contribution in [0.3, 0.4) is 0 Å². The van der Waals surface area contributed by atoms with Crippen LogP contribution in [-0.2, 0) is 57.8 Å². The van der Waals surface area contributed by atoms with Crippen molar-refractivity contribution in [3.05, 3.63) is 112 Å². The molecule has 12 bridgehead atoms. The van der Waals surface area contributed by atoms with Gasteiger partial charge in [-0.2, -0.15) is 4.73 Å². The molecule has 35 nitrogen and oxygen atoms in total. The molecule has 14 unspecified atom stereocenters. The van der Waals surface area contributed by atoms with Crippen LogP contribution in [0.15, 0.2) is 56.9 Å². The highest BCUT2D eigenvalue weighted by Gasteiger charge is 2.50. The van der Waals surface area contributed by atoms with Gasteiger partial charge in [-0.15, -0.1) is 56.7 Å². The Bertz CT molecular complexity index is 4670. The lowest BCUT2D eigenvalue weighted by Crippen LogP contribution is -2.62. The summed E-state index contributed by atoms with van der Waals surface area (Å²) >= 11 is 4.66. The summed E-state index contributed by atoms with van der Waals surface area (Å²) in [6, 6.07) is 0.644. The first-order valence-corrected chi connectivity index (χ1v) is 38.3. The first-order chi connectivity index (χ1) is 51.5. The van der Waals surface area contributed by atoms with Gasteiger partial charge in [-0.1, -0.05) is 12.1 Å². The van der Waals surface area contributed by atoms with Crippen LogP contribution >= 0.6 is 56.7 Å². The lowest BCUT2D eigenvalue weighted by atomic mass is 9.85. The second-order valence-electron chi connectivity index (χ2n) is 26.6. The maximum Gasteiger partial charge on any atom is 0.358 e. The fraction of sp³-hybridized carbons (Fsp3) is 0.471. The van der Waals surface area contributed by atoms with Crippen LogP contribution in [0, 0.1) is 0 Å². The molecular formula is C68H79N13O22S5. The second-order valence-corrected chi connectivity index (χ2v) is 31.0. The van der Waals surface area contributed by atoms with E-state index in [-0.39, 0.29) is 132 Å². The SMILES string of the molecule is CO/C(C)=C1/NC(=O)C(C(C)O)NC(=O)c2csc(n2)-c2cc(O)c(-c3nc(CN(CCC(O)C(O)CO)CCC(O)C(O)CO)cs3)nc2-c2csc(n2)C2COC(=O)c3c4c5c(cccc5n3O)COC(=O)C(OC3CC(C)(O)C(N(C)C)C(C)O3)C(OC4)C(NC(=O)c3csc1n3)c1nc(cs1)C(=O)N2. The molecule has 4 amide bonds. The van der Waals surface area contributed by atoms with E-state index in [0.717, 1.165) is 56.7 Å². The van der Waals surface area contributed by atoms with E-state index in [0.29, 0.717) is 16.0 Å². The largest absolute Gasteiger partial charge is 0.506 e. The number of ether oxygens (including phenoxy) is 6. The molecule has 1 aromatic carbocycles. The number of pyridine rings is 1. The number of carbonyl (C=O) groups is 6. The average Bonchev–Trinajstić information content (AvgIpc) is 1.62. The zero-order valence-corrected chi connectivity index (χ0v) is 63.0. The molecule has 8 aromatic rings. The molecule has 40 heteroatoms. The number of nitrogens with zero attached hydrogens (tertiary/aromatic N) is 9. The van der Waals surface area contributed by atoms with Crippen molar-refractivity contribution in [2.24, 2.45) is 0 Å². The van der Waals surface area contributed by atoms with Gasteiger partial charge in [0.05, 0.1) is 74.2 Å². The fourth-order valence-electron chi connectivity index (χ4n) is 13.2. The number of aliphatic hydroxyl groups excluding tert-OH is 7. The Morgan fingerprint density at radius 1 is 0.759 bits per heavy atom. The van der Waals surface area contributed by atoms with Crippen molar-refractivity contribution in [3.63, 3.8) is 0 Å². The molecule has 12 rings (SSSR count). The molecule has 14 atom stereocenters. The summed E-state index contributed by atoms with van der Waals surface area (Å²) in [5.74, 6) is -6.39. The Kier molecular flexibility index (Phi) is 24.4. The molecule has 4 aliphatic heterocycles. The number of rotatable bonds is 18. The minimum atomic E-state index is -1.93. The monoisotopic (exact) mass is 1590 g/mol. The van der Waals surface area contributed by atoms with Crippen molar-refractivity contribution in [1.82, 2.24) is 65.7 Å². The maximum absolute atomic E-state index is 15.2. The molecule has 1 saturated heterocycles. The van der Waals surface area contributed by atoms with E-state index in [2.05, 4.69) is 31.2 Å². The molecule has 14 N–H and O–H groups in total. The van der Waals surface area contributed by atoms with E-state index in [1.54, 1.807) is 60.6 Å². The molecule has 4 aliphatic rings. The number of nitrogens with one attached hydrogen (secondary N) is 4. The summed E-state index contributed by atoms with van der Waals surface area (Å²) in [5.41, 5.74) is -2.13. The van der Waals surface area contributed by atoms with Crippen LogP contribution in [0.2, 0.25) is 0 Å². The normalized spacial score (nSPS) is 24.3. The highest BCUT2D eigenvalue weighted by atomic mass is 32.1. The standard InChI is InChI=1S/C68H79N13O22S5/c1-28(84)48-60(93)77-49(29(2)98-7)63-73-39(27-107-63)59(92)78-52-54-55(103-46-16-68(4,96)56(79(5)6)30(3)102-46)67(95)100-20-31-9-8-10-40-47(31)34(21-99-54)53(81(40)97)66(94)101-22-35(70-57(90)37-26-108-65(52)74-37)62-71-36(24-106-62)50-33(61-72-38(25-105-61)58(91)76-48)15-43(87)51(75-50)64-69-32(23-104-64)17-80(13-11-41(85)44(88)18-82)14-12-42(86)45(89)19-83/h8-10,15,23-28,30,35,41-42,44-46,48,52,54-56,82-89,96-97H,11-14,16-22H2,1-7H3,(H,70,90)(H,76,91)(H,77,93)(H,78,92)/b49-29+. The van der Waals surface area contributed by atoms with E-state index < -0.39 is 165 Å². The topological polar surface area (TPSA) is 497 Å². The Morgan fingerprint density at radius 2 is 1.39 bits per heavy atom. The third kappa shape index (κ3) is 16.8. The summed E-state index contributed by atoms with van der Waals surface area (Å²) in [7, 11) is 4.83. The molecule has 0 spiro atoms. The summed E-state index contributed by atoms with van der Waals surface area (Å²) in [4.78, 5) is 122. The molecule has 1 fully saturated rings. The number of likely N-dealkylation sites (N-methyl/N-ethyl adjacent to an activating group) is 1. The lowest BCUT2D eigenvalue weighted by Gasteiger charge is -2.48. The van der Waals surface area contributed by atoms with E-state index >= 15 is 19.2 Å². The minimum absolute atomic E-state index is 0.00472. The van der Waals surface area contributed by atoms with Crippen molar-refractivity contribution in [2.75, 3.05) is 54.1 Å². The summed E-state index contributed by atoms with van der Waals surface area (Å²) in [6.07, 6.45) is -13.3. The summed E-state index contributed by atoms with van der Waals surface area (Å²) in [5, 5.41) is 127. The lowest BCUT2D eigenvalue weighted by molar-refractivity contribution is -0.280. The number of amides is 4. The van der Waals surface area contributed by atoms with E-state index in [4.69, 9.17) is 48.4 Å². The number of allylic oxidation sites excluding steroid dienone is 1. The fourth-order valence-corrected chi connectivity index (χ4v) is 17.4. The van der Waals surface area contributed by atoms with Gasteiger partial charge in [0.1, 0.15) is 126 Å². The molecule has 0 aliphatic carbocycles. The zero-order valence-electron chi connectivity index (χ0n) is 58.9. The number of aromatic nitrogens is 7. The first-order valence-electron chi connectivity index (χ1n) is 33.9. The average molecular weight is 1590 g/mol. The van der Waals surface area contributed by atoms with Gasteiger partial charge in [0.2, 0.25) is 5.91 Å². The van der Waals surface area contributed by atoms with Crippen LogP contribution in [0.25, 0.3) is 49.3 Å². The van der Waals surface area contributed by atoms with Gasteiger partial charge < -0.3 is 106 Å². The molecular weight excluding hydrogens is 1510 g/mol. The number of benzene rings is 1. The molecule has 7 aromatic heterocycles. The third-order valence-corrected chi connectivity index (χ3v) is 23.2. The van der Waals surface area contributed by atoms with E-state index in [1.807, 2.05) is 0 Å². The molecule has 0 radical (unpaired) electrons. The number of cyclic esters (lactones) is 2. The maximum atomic E-state index is 15.2. The van der Waals surface area contributed by atoms with Crippen LogP contribution in [-0.4, -0.2) is 258 Å². The van der Waals surface area contributed by atoms with E-state index in [9.17, 15) is 60.8 Å². The van der Waals surface area contributed by atoms with E-state index in [1.165, 1.54) is 49.2 Å². The van der Waals surface area contributed by atoms with Gasteiger partial charge in [0, 0.05) is 69.5 Å². The predicted molar refractivity (Wildman–Crippen MR) is 387 cm³/mol. The van der Waals surface area contributed by atoms with Crippen molar-refractivity contribution in [2.45, 2.75) is 152 Å². The number of hydrogen-bond acceptors (Lipinski definition) is 35. The second kappa shape index (κ2) is 33.4. The van der Waals surface area contributed by atoms with Crippen LogP contribution in [0.5, 0.6) is 5.75 Å².